The van der Waals surface area contributed by atoms with E-state index in [-0.39, 0.29) is 0 Å². The Morgan fingerprint density at radius 1 is 1.33 bits per heavy atom. The van der Waals surface area contributed by atoms with Crippen LogP contribution in [0.1, 0.15) is 38.5 Å². The zero-order valence-corrected chi connectivity index (χ0v) is 8.23. The molecule has 1 N–H and O–H groups in total. The summed E-state index contributed by atoms with van der Waals surface area (Å²) >= 11 is 0. The van der Waals surface area contributed by atoms with Gasteiger partial charge in [0.2, 0.25) is 0 Å². The van der Waals surface area contributed by atoms with Crippen molar-refractivity contribution in [3.8, 4) is 0 Å². The summed E-state index contributed by atoms with van der Waals surface area (Å²) in [5, 5.41) is 3.18. The standard InChI is InChI=1S/C11H21N/c1-10(8-9-12-2)11-6-4-3-5-7-11/h11-12H,1,3-9H2,2H3. The summed E-state index contributed by atoms with van der Waals surface area (Å²) in [4.78, 5) is 0. The Labute approximate surface area is 76.2 Å². The highest BCUT2D eigenvalue weighted by Gasteiger charge is 2.15. The lowest BCUT2D eigenvalue weighted by Gasteiger charge is -2.23. The van der Waals surface area contributed by atoms with Gasteiger partial charge in [0, 0.05) is 0 Å². The molecule has 0 bridgehead atoms. The van der Waals surface area contributed by atoms with E-state index in [0.29, 0.717) is 0 Å². The predicted octanol–water partition coefficient (Wildman–Crippen LogP) is 2.73. The first-order valence-corrected chi connectivity index (χ1v) is 5.17. The normalized spacial score (nSPS) is 19.4. The third kappa shape index (κ3) is 2.98. The van der Waals surface area contributed by atoms with Crippen LogP contribution in [0.15, 0.2) is 12.2 Å². The van der Waals surface area contributed by atoms with Crippen molar-refractivity contribution in [1.82, 2.24) is 5.32 Å². The van der Waals surface area contributed by atoms with E-state index in [9.17, 15) is 0 Å². The molecule has 1 aliphatic carbocycles. The summed E-state index contributed by atoms with van der Waals surface area (Å²) in [6.07, 6.45) is 8.23. The van der Waals surface area contributed by atoms with Crippen molar-refractivity contribution in [2.75, 3.05) is 13.6 Å². The lowest BCUT2D eigenvalue weighted by Crippen LogP contribution is -2.14. The third-order valence-corrected chi connectivity index (χ3v) is 2.88. The van der Waals surface area contributed by atoms with Crippen LogP contribution in [0.25, 0.3) is 0 Å². The SMILES string of the molecule is C=C(CCNC)C1CCCCC1. The largest absolute Gasteiger partial charge is 0.319 e. The molecular formula is C11H21N. The molecule has 0 aliphatic heterocycles. The van der Waals surface area contributed by atoms with Crippen LogP contribution in [0.3, 0.4) is 0 Å². The van der Waals surface area contributed by atoms with Gasteiger partial charge in [-0.1, -0.05) is 31.4 Å². The molecule has 70 valence electrons. The van der Waals surface area contributed by atoms with E-state index >= 15 is 0 Å². The maximum atomic E-state index is 4.18. The van der Waals surface area contributed by atoms with E-state index in [1.54, 1.807) is 0 Å². The number of nitrogens with one attached hydrogen (secondary N) is 1. The maximum absolute atomic E-state index is 4.18. The first-order valence-electron chi connectivity index (χ1n) is 5.17. The molecule has 0 heterocycles. The summed E-state index contributed by atoms with van der Waals surface area (Å²) in [5.74, 6) is 0.840. The Bertz CT molecular complexity index is 134. The van der Waals surface area contributed by atoms with Crippen LogP contribution < -0.4 is 5.32 Å². The lowest BCUT2D eigenvalue weighted by molar-refractivity contribution is 0.395. The van der Waals surface area contributed by atoms with Gasteiger partial charge in [0.15, 0.2) is 0 Å². The first-order chi connectivity index (χ1) is 5.84. The van der Waals surface area contributed by atoms with Crippen molar-refractivity contribution >= 4 is 0 Å². The fraction of sp³-hybridized carbons (Fsp3) is 0.818. The molecule has 1 aliphatic rings. The molecule has 12 heavy (non-hydrogen) atoms. The van der Waals surface area contributed by atoms with E-state index in [1.165, 1.54) is 44.1 Å². The maximum Gasteiger partial charge on any atom is -0.00146 e. The van der Waals surface area contributed by atoms with Crippen LogP contribution in [0.2, 0.25) is 0 Å². The average Bonchev–Trinajstić information content (AvgIpc) is 2.15. The molecule has 0 amide bonds. The molecule has 0 spiro atoms. The van der Waals surface area contributed by atoms with Crippen molar-refractivity contribution in [1.29, 1.82) is 0 Å². The van der Waals surface area contributed by atoms with Gasteiger partial charge in [0.05, 0.1) is 0 Å². The molecule has 0 aromatic rings. The van der Waals surface area contributed by atoms with Crippen molar-refractivity contribution < 1.29 is 0 Å². The van der Waals surface area contributed by atoms with Crippen LogP contribution in [-0.2, 0) is 0 Å². The quantitative estimate of drug-likeness (QED) is 0.635. The molecule has 0 unspecified atom stereocenters. The highest BCUT2D eigenvalue weighted by atomic mass is 14.8. The molecule has 0 atom stereocenters. The summed E-state index contributed by atoms with van der Waals surface area (Å²) in [5.41, 5.74) is 1.48. The molecule has 0 aromatic carbocycles. The topological polar surface area (TPSA) is 12.0 Å². The second-order valence-electron chi connectivity index (χ2n) is 3.85. The number of rotatable bonds is 4. The van der Waals surface area contributed by atoms with E-state index in [4.69, 9.17) is 0 Å². The molecule has 0 saturated heterocycles. The van der Waals surface area contributed by atoms with Crippen LogP contribution in [0.4, 0.5) is 0 Å². The average molecular weight is 167 g/mol. The fourth-order valence-corrected chi connectivity index (χ4v) is 2.00. The molecule has 1 nitrogen and oxygen atoms in total. The Kier molecular flexibility index (Phi) is 4.37. The van der Waals surface area contributed by atoms with Crippen molar-refractivity contribution in [2.45, 2.75) is 38.5 Å². The van der Waals surface area contributed by atoms with Gasteiger partial charge in [-0.3, -0.25) is 0 Å². The van der Waals surface area contributed by atoms with Crippen LogP contribution >= 0.6 is 0 Å². The van der Waals surface area contributed by atoms with Crippen LogP contribution in [-0.4, -0.2) is 13.6 Å². The van der Waals surface area contributed by atoms with Gasteiger partial charge < -0.3 is 5.32 Å². The van der Waals surface area contributed by atoms with Gasteiger partial charge in [0.25, 0.3) is 0 Å². The minimum atomic E-state index is 0.840. The van der Waals surface area contributed by atoms with Crippen molar-refractivity contribution in [3.05, 3.63) is 12.2 Å². The molecule has 0 radical (unpaired) electrons. The molecule has 0 aromatic heterocycles. The molecule has 1 fully saturated rings. The lowest BCUT2D eigenvalue weighted by atomic mass is 9.83. The van der Waals surface area contributed by atoms with Gasteiger partial charge in [0.1, 0.15) is 0 Å². The van der Waals surface area contributed by atoms with Gasteiger partial charge in [-0.05, 0) is 38.8 Å². The van der Waals surface area contributed by atoms with E-state index in [1.807, 2.05) is 7.05 Å². The fourth-order valence-electron chi connectivity index (χ4n) is 2.00. The Morgan fingerprint density at radius 3 is 2.58 bits per heavy atom. The monoisotopic (exact) mass is 167 g/mol. The second kappa shape index (κ2) is 5.36. The number of hydrogen-bond acceptors (Lipinski definition) is 1. The van der Waals surface area contributed by atoms with Crippen LogP contribution in [0, 0.1) is 5.92 Å². The molecule has 1 heteroatoms. The Hall–Kier alpha value is -0.300. The summed E-state index contributed by atoms with van der Waals surface area (Å²) in [6, 6.07) is 0. The smallest absolute Gasteiger partial charge is 0.00146 e. The van der Waals surface area contributed by atoms with Crippen molar-refractivity contribution in [3.63, 3.8) is 0 Å². The van der Waals surface area contributed by atoms with Crippen molar-refractivity contribution in [2.24, 2.45) is 5.92 Å². The summed E-state index contributed by atoms with van der Waals surface area (Å²) in [6.45, 7) is 5.27. The van der Waals surface area contributed by atoms with Crippen LogP contribution in [0.5, 0.6) is 0 Å². The number of hydrogen-bond donors (Lipinski definition) is 1. The highest BCUT2D eigenvalue weighted by Crippen LogP contribution is 2.29. The molecule has 1 saturated carbocycles. The summed E-state index contributed by atoms with van der Waals surface area (Å²) < 4.78 is 0. The zero-order valence-electron chi connectivity index (χ0n) is 8.23. The van der Waals surface area contributed by atoms with Gasteiger partial charge in [-0.25, -0.2) is 0 Å². The van der Waals surface area contributed by atoms with Gasteiger partial charge >= 0.3 is 0 Å². The second-order valence-corrected chi connectivity index (χ2v) is 3.85. The Morgan fingerprint density at radius 2 is 2.00 bits per heavy atom. The molecular weight excluding hydrogens is 146 g/mol. The van der Waals surface area contributed by atoms with E-state index < -0.39 is 0 Å². The summed E-state index contributed by atoms with van der Waals surface area (Å²) in [7, 11) is 2.01. The minimum Gasteiger partial charge on any atom is -0.319 e. The Balaban J connectivity index is 2.20. The predicted molar refractivity (Wildman–Crippen MR) is 54.3 cm³/mol. The minimum absolute atomic E-state index is 0.840. The first kappa shape index (κ1) is 9.79. The van der Waals surface area contributed by atoms with Gasteiger partial charge in [-0.2, -0.15) is 0 Å². The highest BCUT2D eigenvalue weighted by molar-refractivity contribution is 5.01. The third-order valence-electron chi connectivity index (χ3n) is 2.88. The van der Waals surface area contributed by atoms with Gasteiger partial charge in [-0.15, -0.1) is 0 Å². The molecule has 1 rings (SSSR count). The zero-order chi connectivity index (χ0) is 8.81. The van der Waals surface area contributed by atoms with E-state index in [2.05, 4.69) is 11.9 Å². The van der Waals surface area contributed by atoms with E-state index in [0.717, 1.165) is 12.5 Å².